The molecule has 0 aromatic heterocycles. The van der Waals surface area contributed by atoms with Gasteiger partial charge in [-0.25, -0.2) is 4.79 Å². The zero-order chi connectivity index (χ0) is 18.6. The van der Waals surface area contributed by atoms with Crippen LogP contribution in [-0.4, -0.2) is 23.0 Å². The molecule has 2 rings (SSSR count). The lowest BCUT2D eigenvalue weighted by Crippen LogP contribution is -2.42. The van der Waals surface area contributed by atoms with Crippen molar-refractivity contribution in [2.45, 2.75) is 38.6 Å². The van der Waals surface area contributed by atoms with Gasteiger partial charge >= 0.3 is 5.97 Å². The molecule has 0 aliphatic heterocycles. The highest BCUT2D eigenvalue weighted by atomic mass is 127. The molecule has 0 saturated carbocycles. The molecule has 132 valence electrons. The topological polar surface area (TPSA) is 66.4 Å². The van der Waals surface area contributed by atoms with E-state index < -0.39 is 12.0 Å². The fourth-order valence-corrected chi connectivity index (χ4v) is 3.05. The summed E-state index contributed by atoms with van der Waals surface area (Å²) in [7, 11) is 0. The van der Waals surface area contributed by atoms with Crippen LogP contribution in [0.4, 0.5) is 0 Å². The number of carboxylic acid groups (broad SMARTS) is 1. The highest BCUT2D eigenvalue weighted by Crippen LogP contribution is 2.22. The summed E-state index contributed by atoms with van der Waals surface area (Å²) in [6.07, 6.45) is 0.250. The minimum absolute atomic E-state index is 0.00258. The minimum Gasteiger partial charge on any atom is -0.480 e. The molecule has 25 heavy (non-hydrogen) atoms. The predicted molar refractivity (Wildman–Crippen MR) is 107 cm³/mol. The van der Waals surface area contributed by atoms with Crippen LogP contribution in [0, 0.1) is 3.57 Å². The van der Waals surface area contributed by atoms with Crippen LogP contribution >= 0.6 is 22.6 Å². The second-order valence-corrected chi connectivity index (χ2v) is 8.15. The zero-order valence-corrected chi connectivity index (χ0v) is 16.7. The fourth-order valence-electron chi connectivity index (χ4n) is 2.45. The Labute approximate surface area is 161 Å². The van der Waals surface area contributed by atoms with E-state index in [1.807, 2.05) is 36.4 Å². The number of hydrogen-bond donors (Lipinski definition) is 2. The summed E-state index contributed by atoms with van der Waals surface area (Å²) in [5.74, 6) is -1.42. The number of rotatable bonds is 5. The first-order valence-electron chi connectivity index (χ1n) is 8.06. The van der Waals surface area contributed by atoms with Crippen molar-refractivity contribution in [2.75, 3.05) is 0 Å². The van der Waals surface area contributed by atoms with Crippen molar-refractivity contribution in [1.82, 2.24) is 5.32 Å². The van der Waals surface area contributed by atoms with Gasteiger partial charge in [-0.15, -0.1) is 0 Å². The molecule has 5 heteroatoms. The molecule has 1 atom stereocenters. The third kappa shape index (κ3) is 5.29. The number of hydrogen-bond acceptors (Lipinski definition) is 2. The molecule has 0 heterocycles. The van der Waals surface area contributed by atoms with E-state index in [2.05, 4.69) is 48.7 Å². The number of aliphatic carboxylic acids is 1. The molecule has 0 aliphatic carbocycles. The second-order valence-electron chi connectivity index (χ2n) is 6.99. The maximum absolute atomic E-state index is 12.4. The van der Waals surface area contributed by atoms with E-state index in [0.29, 0.717) is 5.56 Å². The molecule has 0 radical (unpaired) electrons. The van der Waals surface area contributed by atoms with Gasteiger partial charge in [-0.2, -0.15) is 0 Å². The monoisotopic (exact) mass is 451 g/mol. The summed E-state index contributed by atoms with van der Waals surface area (Å²) in [4.78, 5) is 24.0. The molecule has 2 aromatic rings. The van der Waals surface area contributed by atoms with E-state index in [4.69, 9.17) is 0 Å². The maximum atomic E-state index is 12.4. The van der Waals surface area contributed by atoms with E-state index in [-0.39, 0.29) is 17.7 Å². The molecule has 1 amide bonds. The minimum atomic E-state index is -1.04. The second kappa shape index (κ2) is 7.99. The number of amides is 1. The molecule has 2 N–H and O–H groups in total. The third-order valence-electron chi connectivity index (χ3n) is 4.00. The first-order chi connectivity index (χ1) is 11.7. The molecule has 0 aliphatic rings. The van der Waals surface area contributed by atoms with Crippen molar-refractivity contribution in [3.63, 3.8) is 0 Å². The summed E-state index contributed by atoms with van der Waals surface area (Å²) in [5.41, 5.74) is 2.49. The lowest BCUT2D eigenvalue weighted by atomic mass is 9.86. The molecule has 2 aromatic carbocycles. The molecule has 0 bridgehead atoms. The van der Waals surface area contributed by atoms with Crippen LogP contribution in [0.2, 0.25) is 0 Å². The van der Waals surface area contributed by atoms with Gasteiger partial charge in [0.2, 0.25) is 0 Å². The van der Waals surface area contributed by atoms with E-state index in [0.717, 1.165) is 14.7 Å². The quantitative estimate of drug-likeness (QED) is 0.676. The maximum Gasteiger partial charge on any atom is 0.326 e. The largest absolute Gasteiger partial charge is 0.480 e. The van der Waals surface area contributed by atoms with Crippen LogP contribution in [0.3, 0.4) is 0 Å². The van der Waals surface area contributed by atoms with Crippen molar-refractivity contribution in [3.8, 4) is 0 Å². The summed E-state index contributed by atoms with van der Waals surface area (Å²) in [5, 5.41) is 12.1. The van der Waals surface area contributed by atoms with Crippen molar-refractivity contribution in [2.24, 2.45) is 0 Å². The number of halogens is 1. The summed E-state index contributed by atoms with van der Waals surface area (Å²) in [6.45, 7) is 6.30. The first-order valence-corrected chi connectivity index (χ1v) is 9.14. The van der Waals surface area contributed by atoms with Crippen molar-refractivity contribution >= 4 is 34.5 Å². The predicted octanol–water partition coefficient (Wildman–Crippen LogP) is 4.01. The van der Waals surface area contributed by atoms with Crippen molar-refractivity contribution < 1.29 is 14.7 Å². The molecule has 4 nitrogen and oxygen atoms in total. The SMILES string of the molecule is CC(C)(C)c1ccc(C(=O)N[C@@H](Cc2ccccc2I)C(=O)O)cc1. The molecular weight excluding hydrogens is 429 g/mol. The van der Waals surface area contributed by atoms with Gasteiger partial charge in [0, 0.05) is 15.6 Å². The standard InChI is InChI=1S/C20H22INO3/c1-20(2,3)15-10-8-13(9-11-15)18(23)22-17(19(24)25)12-14-6-4-5-7-16(14)21/h4-11,17H,12H2,1-3H3,(H,22,23)(H,24,25)/t17-/m0/s1. The van der Waals surface area contributed by atoms with Crippen LogP contribution in [0.25, 0.3) is 0 Å². The Morgan fingerprint density at radius 2 is 1.68 bits per heavy atom. The van der Waals surface area contributed by atoms with Gasteiger partial charge in [-0.3, -0.25) is 4.79 Å². The fraction of sp³-hybridized carbons (Fsp3) is 0.300. The summed E-state index contributed by atoms with van der Waals surface area (Å²) >= 11 is 2.17. The van der Waals surface area contributed by atoms with Crippen LogP contribution in [0.15, 0.2) is 48.5 Å². The average Bonchev–Trinajstić information content (AvgIpc) is 2.55. The highest BCUT2D eigenvalue weighted by molar-refractivity contribution is 14.1. The Kier molecular flexibility index (Phi) is 6.21. The molecule has 0 saturated heterocycles. The number of carboxylic acids is 1. The Hall–Kier alpha value is -1.89. The molecule has 0 unspecified atom stereocenters. The summed E-state index contributed by atoms with van der Waals surface area (Å²) < 4.78 is 0.982. The zero-order valence-electron chi connectivity index (χ0n) is 14.5. The number of carbonyl (C=O) groups is 2. The van der Waals surface area contributed by atoms with Crippen LogP contribution in [0.1, 0.15) is 42.3 Å². The summed E-state index contributed by atoms with van der Waals surface area (Å²) in [6, 6.07) is 13.9. The van der Waals surface area contributed by atoms with Crippen LogP contribution in [-0.2, 0) is 16.6 Å². The molecular formula is C20H22INO3. The number of benzene rings is 2. The van der Waals surface area contributed by atoms with Crippen molar-refractivity contribution in [3.05, 3.63) is 68.8 Å². The highest BCUT2D eigenvalue weighted by Gasteiger charge is 2.22. The lowest BCUT2D eigenvalue weighted by molar-refractivity contribution is -0.139. The molecule has 0 spiro atoms. The van der Waals surface area contributed by atoms with Gasteiger partial charge in [0.1, 0.15) is 6.04 Å². The lowest BCUT2D eigenvalue weighted by Gasteiger charge is -2.19. The van der Waals surface area contributed by atoms with Gasteiger partial charge in [-0.05, 0) is 57.3 Å². The van der Waals surface area contributed by atoms with Crippen molar-refractivity contribution in [1.29, 1.82) is 0 Å². The number of nitrogens with one attached hydrogen (secondary N) is 1. The van der Waals surface area contributed by atoms with Gasteiger partial charge in [0.15, 0.2) is 0 Å². The normalized spacial score (nSPS) is 12.5. The van der Waals surface area contributed by atoms with E-state index in [1.165, 1.54) is 0 Å². The van der Waals surface area contributed by atoms with E-state index in [9.17, 15) is 14.7 Å². The van der Waals surface area contributed by atoms with Gasteiger partial charge in [-0.1, -0.05) is 51.1 Å². The first kappa shape index (κ1) is 19.4. The molecule has 0 fully saturated rings. The van der Waals surface area contributed by atoms with Gasteiger partial charge in [0.25, 0.3) is 5.91 Å². The van der Waals surface area contributed by atoms with E-state index >= 15 is 0 Å². The Morgan fingerprint density at radius 3 is 2.20 bits per heavy atom. The number of carbonyl (C=O) groups excluding carboxylic acids is 1. The van der Waals surface area contributed by atoms with Crippen LogP contribution in [0.5, 0.6) is 0 Å². The van der Waals surface area contributed by atoms with Gasteiger partial charge in [0.05, 0.1) is 0 Å². The smallest absolute Gasteiger partial charge is 0.326 e. The van der Waals surface area contributed by atoms with E-state index in [1.54, 1.807) is 12.1 Å². The Balaban J connectivity index is 2.13. The Bertz CT molecular complexity index is 763. The van der Waals surface area contributed by atoms with Crippen LogP contribution < -0.4 is 5.32 Å². The Morgan fingerprint density at radius 1 is 1.08 bits per heavy atom. The van der Waals surface area contributed by atoms with Gasteiger partial charge < -0.3 is 10.4 Å². The average molecular weight is 451 g/mol. The third-order valence-corrected chi connectivity index (χ3v) is 5.05.